The highest BCUT2D eigenvalue weighted by Gasteiger charge is 2.12. The summed E-state index contributed by atoms with van der Waals surface area (Å²) < 4.78 is 9.78. The van der Waals surface area contributed by atoms with Gasteiger partial charge in [0.15, 0.2) is 0 Å². The summed E-state index contributed by atoms with van der Waals surface area (Å²) in [6.45, 7) is 5.66. The van der Waals surface area contributed by atoms with Gasteiger partial charge >= 0.3 is 6.09 Å². The fourth-order valence-electron chi connectivity index (χ4n) is 2.86. The van der Waals surface area contributed by atoms with E-state index < -0.39 is 6.09 Å². The zero-order valence-electron chi connectivity index (χ0n) is 18.6. The van der Waals surface area contributed by atoms with E-state index in [0.29, 0.717) is 42.3 Å². The van der Waals surface area contributed by atoms with Gasteiger partial charge < -0.3 is 25.0 Å². The largest absolute Gasteiger partial charge is 0.447 e. The minimum atomic E-state index is -0.583. The van der Waals surface area contributed by atoms with Crippen molar-refractivity contribution in [1.82, 2.24) is 4.90 Å². The molecule has 0 radical (unpaired) electrons. The molecule has 0 bridgehead atoms. The van der Waals surface area contributed by atoms with E-state index in [4.69, 9.17) is 9.47 Å². The molecule has 0 fully saturated rings. The molecule has 0 atom stereocenters. The third kappa shape index (κ3) is 7.92. The number of rotatable bonds is 11. The second kappa shape index (κ2) is 13.0. The van der Waals surface area contributed by atoms with E-state index in [-0.39, 0.29) is 25.0 Å². The predicted octanol–water partition coefficient (Wildman–Crippen LogP) is 3.41. The lowest BCUT2D eigenvalue weighted by Crippen LogP contribution is -2.30. The zero-order valence-corrected chi connectivity index (χ0v) is 18.6. The summed E-state index contributed by atoms with van der Waals surface area (Å²) in [5.41, 5.74) is 2.37. The molecular formula is C23H30N4O5. The summed E-state index contributed by atoms with van der Waals surface area (Å²) in [6.07, 6.45) is -0.583. The number of hydrogen-bond donors (Lipinski definition) is 3. The van der Waals surface area contributed by atoms with Gasteiger partial charge in [-0.25, -0.2) is 4.79 Å². The Morgan fingerprint density at radius 3 is 2.22 bits per heavy atom. The first-order chi connectivity index (χ1) is 15.5. The Morgan fingerprint density at radius 2 is 1.56 bits per heavy atom. The molecule has 0 unspecified atom stereocenters. The minimum absolute atomic E-state index is 0.0296. The Labute approximate surface area is 188 Å². The van der Waals surface area contributed by atoms with Gasteiger partial charge in [0.05, 0.1) is 13.2 Å². The SMILES string of the molecule is CCN(CC)C(=O)c1ccc(NC(=O)CNc2cccc(NC(=O)OCCOC)c2)cc1. The summed E-state index contributed by atoms with van der Waals surface area (Å²) in [5.74, 6) is -0.282. The number of ether oxygens (including phenoxy) is 2. The van der Waals surface area contributed by atoms with Crippen molar-refractivity contribution in [3.05, 3.63) is 54.1 Å². The molecule has 3 N–H and O–H groups in total. The van der Waals surface area contributed by atoms with Crippen LogP contribution in [0.2, 0.25) is 0 Å². The van der Waals surface area contributed by atoms with Crippen LogP contribution >= 0.6 is 0 Å². The van der Waals surface area contributed by atoms with Crippen molar-refractivity contribution in [3.8, 4) is 0 Å². The van der Waals surface area contributed by atoms with Crippen LogP contribution in [0.25, 0.3) is 0 Å². The van der Waals surface area contributed by atoms with Gasteiger partial charge in [-0.15, -0.1) is 0 Å². The number of nitrogens with one attached hydrogen (secondary N) is 3. The molecule has 172 valence electrons. The maximum absolute atomic E-state index is 12.3. The fourth-order valence-corrected chi connectivity index (χ4v) is 2.86. The fraction of sp³-hybridized carbons (Fsp3) is 0.348. The van der Waals surface area contributed by atoms with E-state index in [1.165, 1.54) is 7.11 Å². The third-order valence-electron chi connectivity index (χ3n) is 4.55. The van der Waals surface area contributed by atoms with Crippen LogP contribution in [0.4, 0.5) is 21.9 Å². The molecule has 0 aromatic heterocycles. The van der Waals surface area contributed by atoms with Crippen molar-refractivity contribution in [3.63, 3.8) is 0 Å². The van der Waals surface area contributed by atoms with E-state index in [2.05, 4.69) is 16.0 Å². The van der Waals surface area contributed by atoms with E-state index in [1.54, 1.807) is 53.4 Å². The lowest BCUT2D eigenvalue weighted by Gasteiger charge is -2.18. The number of methoxy groups -OCH3 is 1. The summed E-state index contributed by atoms with van der Waals surface area (Å²) in [4.78, 5) is 38.1. The number of nitrogens with zero attached hydrogens (tertiary/aromatic N) is 1. The number of benzene rings is 2. The molecule has 0 saturated heterocycles. The Kier molecular flexibility index (Phi) is 9.99. The molecule has 3 amide bonds. The standard InChI is InChI=1S/C23H30N4O5/c1-4-27(5-2)22(29)17-9-11-18(12-10-17)25-21(28)16-24-19-7-6-8-20(15-19)26-23(30)32-14-13-31-3/h6-12,15,24H,4-5,13-14,16H2,1-3H3,(H,25,28)(H,26,30). The van der Waals surface area contributed by atoms with Gasteiger partial charge in [0.1, 0.15) is 6.61 Å². The van der Waals surface area contributed by atoms with Crippen molar-refractivity contribution in [1.29, 1.82) is 0 Å². The van der Waals surface area contributed by atoms with Gasteiger partial charge in [-0.05, 0) is 56.3 Å². The highest BCUT2D eigenvalue weighted by Crippen LogP contribution is 2.16. The Morgan fingerprint density at radius 1 is 0.875 bits per heavy atom. The molecule has 0 spiro atoms. The monoisotopic (exact) mass is 442 g/mol. The first-order valence-electron chi connectivity index (χ1n) is 10.4. The number of anilines is 3. The van der Waals surface area contributed by atoms with Gasteiger partial charge in [-0.1, -0.05) is 6.07 Å². The van der Waals surface area contributed by atoms with Crippen LogP contribution in [-0.4, -0.2) is 62.8 Å². The van der Waals surface area contributed by atoms with Crippen LogP contribution < -0.4 is 16.0 Å². The number of amides is 3. The number of hydrogen-bond acceptors (Lipinski definition) is 6. The van der Waals surface area contributed by atoms with Crippen molar-refractivity contribution < 1.29 is 23.9 Å². The molecule has 2 aromatic carbocycles. The highest BCUT2D eigenvalue weighted by molar-refractivity contribution is 5.96. The van der Waals surface area contributed by atoms with Gasteiger partial charge in [-0.3, -0.25) is 14.9 Å². The smallest absolute Gasteiger partial charge is 0.411 e. The second-order valence-corrected chi connectivity index (χ2v) is 6.79. The molecule has 32 heavy (non-hydrogen) atoms. The van der Waals surface area contributed by atoms with Gasteiger partial charge in [-0.2, -0.15) is 0 Å². The predicted molar refractivity (Wildman–Crippen MR) is 124 cm³/mol. The van der Waals surface area contributed by atoms with E-state index >= 15 is 0 Å². The van der Waals surface area contributed by atoms with Crippen molar-refractivity contribution in [2.75, 3.05) is 55.9 Å². The van der Waals surface area contributed by atoms with E-state index in [0.717, 1.165) is 0 Å². The Hall–Kier alpha value is -3.59. The van der Waals surface area contributed by atoms with Crippen molar-refractivity contribution in [2.24, 2.45) is 0 Å². The van der Waals surface area contributed by atoms with Gasteiger partial charge in [0.25, 0.3) is 5.91 Å². The first kappa shape index (κ1) is 24.7. The van der Waals surface area contributed by atoms with Crippen LogP contribution in [0.15, 0.2) is 48.5 Å². The third-order valence-corrected chi connectivity index (χ3v) is 4.55. The number of carbonyl (C=O) groups is 3. The summed E-state index contributed by atoms with van der Waals surface area (Å²) in [6, 6.07) is 13.7. The molecule has 9 heteroatoms. The van der Waals surface area contributed by atoms with E-state index in [9.17, 15) is 14.4 Å². The van der Waals surface area contributed by atoms with Crippen LogP contribution in [-0.2, 0) is 14.3 Å². The van der Waals surface area contributed by atoms with Crippen molar-refractivity contribution in [2.45, 2.75) is 13.8 Å². The molecule has 0 aliphatic rings. The first-order valence-corrected chi connectivity index (χ1v) is 10.4. The normalized spacial score (nSPS) is 10.2. The maximum Gasteiger partial charge on any atom is 0.411 e. The minimum Gasteiger partial charge on any atom is -0.447 e. The Balaban J connectivity index is 1.84. The average Bonchev–Trinajstić information content (AvgIpc) is 2.79. The molecule has 2 aromatic rings. The number of carbonyl (C=O) groups excluding carboxylic acids is 3. The van der Waals surface area contributed by atoms with Gasteiger partial charge in [0, 0.05) is 42.8 Å². The maximum atomic E-state index is 12.3. The summed E-state index contributed by atoms with van der Waals surface area (Å²) >= 11 is 0. The van der Waals surface area contributed by atoms with Crippen LogP contribution in [0, 0.1) is 0 Å². The van der Waals surface area contributed by atoms with Crippen LogP contribution in [0.1, 0.15) is 24.2 Å². The van der Waals surface area contributed by atoms with E-state index in [1.807, 2.05) is 13.8 Å². The quantitative estimate of drug-likeness (QED) is 0.460. The molecule has 0 aliphatic heterocycles. The van der Waals surface area contributed by atoms with Crippen molar-refractivity contribution >= 4 is 35.0 Å². The van der Waals surface area contributed by atoms with Crippen LogP contribution in [0.5, 0.6) is 0 Å². The Bertz CT molecular complexity index is 898. The summed E-state index contributed by atoms with van der Waals surface area (Å²) in [5, 5.41) is 8.40. The zero-order chi connectivity index (χ0) is 23.3. The molecular weight excluding hydrogens is 412 g/mol. The molecule has 0 heterocycles. The van der Waals surface area contributed by atoms with Gasteiger partial charge in [0.2, 0.25) is 5.91 Å². The molecule has 0 aliphatic carbocycles. The topological polar surface area (TPSA) is 109 Å². The average molecular weight is 443 g/mol. The lowest BCUT2D eigenvalue weighted by molar-refractivity contribution is -0.114. The van der Waals surface area contributed by atoms with Crippen LogP contribution in [0.3, 0.4) is 0 Å². The molecule has 0 saturated carbocycles. The summed E-state index contributed by atoms with van der Waals surface area (Å²) in [7, 11) is 1.52. The highest BCUT2D eigenvalue weighted by atomic mass is 16.6. The lowest BCUT2D eigenvalue weighted by atomic mass is 10.1. The molecule has 9 nitrogen and oxygen atoms in total. The molecule has 2 rings (SSSR count). The second-order valence-electron chi connectivity index (χ2n) is 6.79.